The van der Waals surface area contributed by atoms with Crippen LogP contribution in [-0.4, -0.2) is 31.3 Å². The van der Waals surface area contributed by atoms with Gasteiger partial charge in [-0.05, 0) is 29.0 Å². The first-order valence-corrected chi connectivity index (χ1v) is 6.30. The van der Waals surface area contributed by atoms with Crippen molar-refractivity contribution in [2.24, 2.45) is 0 Å². The third-order valence-electron chi connectivity index (χ3n) is 2.48. The summed E-state index contributed by atoms with van der Waals surface area (Å²) in [6.07, 6.45) is 1.53. The second kappa shape index (κ2) is 5.54. The van der Waals surface area contributed by atoms with Gasteiger partial charge in [-0.25, -0.2) is 4.79 Å². The number of rotatable bonds is 4. The van der Waals surface area contributed by atoms with Crippen molar-refractivity contribution >= 4 is 29.2 Å². The van der Waals surface area contributed by atoms with Gasteiger partial charge in [0.25, 0.3) is 0 Å². The third-order valence-corrected chi connectivity index (χ3v) is 3.06. The summed E-state index contributed by atoms with van der Waals surface area (Å²) in [5, 5.41) is 20.6. The Hall–Kier alpha value is -1.66. The van der Waals surface area contributed by atoms with Crippen LogP contribution in [0, 0.1) is 0 Å². The number of carboxylic acid groups (broad SMARTS) is 1. The summed E-state index contributed by atoms with van der Waals surface area (Å²) < 4.78 is 1.43. The number of tetrazole rings is 1. The van der Waals surface area contributed by atoms with Crippen molar-refractivity contribution in [1.82, 2.24) is 20.2 Å². The van der Waals surface area contributed by atoms with E-state index in [9.17, 15) is 4.79 Å². The molecule has 0 unspecified atom stereocenters. The number of halogens is 2. The molecule has 0 radical (unpaired) electrons. The van der Waals surface area contributed by atoms with Gasteiger partial charge in [-0.2, -0.15) is 4.68 Å². The van der Waals surface area contributed by atoms with Crippen LogP contribution in [0.2, 0.25) is 10.0 Å². The number of carbonyl (C=O) groups is 1. The minimum Gasteiger partial charge on any atom is -0.478 e. The zero-order chi connectivity index (χ0) is 14.0. The first-order valence-electron chi connectivity index (χ1n) is 5.54. The lowest BCUT2D eigenvalue weighted by molar-refractivity contribution is 0.0697. The molecule has 0 aliphatic heterocycles. The maximum Gasteiger partial charge on any atom is 0.335 e. The SMILES string of the molecule is CCCc1nnnn1-c1c(Cl)cc(C(=O)O)cc1Cl. The van der Waals surface area contributed by atoms with Gasteiger partial charge in [0, 0.05) is 6.42 Å². The number of nitrogens with zero attached hydrogens (tertiary/aromatic N) is 4. The zero-order valence-corrected chi connectivity index (χ0v) is 11.5. The Morgan fingerprint density at radius 1 is 1.37 bits per heavy atom. The largest absolute Gasteiger partial charge is 0.478 e. The number of hydrogen-bond acceptors (Lipinski definition) is 4. The fraction of sp³-hybridized carbons (Fsp3) is 0.273. The summed E-state index contributed by atoms with van der Waals surface area (Å²) in [5.74, 6) is -0.477. The van der Waals surface area contributed by atoms with E-state index < -0.39 is 5.97 Å². The number of aromatic nitrogens is 4. The molecule has 0 bridgehead atoms. The Morgan fingerprint density at radius 3 is 2.53 bits per heavy atom. The number of aromatic carboxylic acids is 1. The van der Waals surface area contributed by atoms with Crippen molar-refractivity contribution < 1.29 is 9.90 Å². The first-order chi connectivity index (χ1) is 9.04. The molecule has 100 valence electrons. The predicted molar refractivity (Wildman–Crippen MR) is 70.1 cm³/mol. The van der Waals surface area contributed by atoms with Crippen molar-refractivity contribution in [2.45, 2.75) is 19.8 Å². The molecule has 0 atom stereocenters. The molecule has 0 saturated heterocycles. The number of carboxylic acids is 1. The molecule has 0 aliphatic rings. The van der Waals surface area contributed by atoms with E-state index in [4.69, 9.17) is 28.3 Å². The first kappa shape index (κ1) is 13.8. The van der Waals surface area contributed by atoms with E-state index >= 15 is 0 Å². The third kappa shape index (κ3) is 2.69. The van der Waals surface area contributed by atoms with Gasteiger partial charge in [-0.3, -0.25) is 0 Å². The lowest BCUT2D eigenvalue weighted by Crippen LogP contribution is -2.06. The molecule has 6 nitrogen and oxygen atoms in total. The maximum atomic E-state index is 10.9. The van der Waals surface area contributed by atoms with Gasteiger partial charge in [-0.1, -0.05) is 30.1 Å². The predicted octanol–water partition coefficient (Wildman–Crippen LogP) is 2.62. The summed E-state index contributed by atoms with van der Waals surface area (Å²) in [7, 11) is 0. The van der Waals surface area contributed by atoms with E-state index in [1.54, 1.807) is 0 Å². The molecular weight excluding hydrogens is 291 g/mol. The second-order valence-corrected chi connectivity index (χ2v) is 4.66. The summed E-state index contributed by atoms with van der Waals surface area (Å²) in [6.45, 7) is 2.00. The monoisotopic (exact) mass is 300 g/mol. The van der Waals surface area contributed by atoms with Crippen LogP contribution in [0.1, 0.15) is 29.5 Å². The number of benzene rings is 1. The van der Waals surface area contributed by atoms with Gasteiger partial charge >= 0.3 is 5.97 Å². The van der Waals surface area contributed by atoms with Crippen LogP contribution in [0.15, 0.2) is 12.1 Å². The molecular formula is C11H10Cl2N4O2. The molecule has 1 aromatic carbocycles. The molecule has 0 amide bonds. The van der Waals surface area contributed by atoms with Crippen LogP contribution in [0.25, 0.3) is 5.69 Å². The average molecular weight is 301 g/mol. The normalized spacial score (nSPS) is 10.7. The standard InChI is InChI=1S/C11H10Cl2N4O2/c1-2-3-9-14-15-16-17(9)10-7(12)4-6(11(18)19)5-8(10)13/h4-5H,2-3H2,1H3,(H,18,19). The summed E-state index contributed by atoms with van der Waals surface area (Å²) >= 11 is 12.2. The lowest BCUT2D eigenvalue weighted by Gasteiger charge is -2.09. The van der Waals surface area contributed by atoms with Crippen molar-refractivity contribution in [3.8, 4) is 5.69 Å². The lowest BCUT2D eigenvalue weighted by atomic mass is 10.2. The molecule has 1 N–H and O–H groups in total. The van der Waals surface area contributed by atoms with Crippen molar-refractivity contribution in [3.05, 3.63) is 33.6 Å². The van der Waals surface area contributed by atoms with E-state index in [-0.39, 0.29) is 15.6 Å². The molecule has 1 aromatic heterocycles. The quantitative estimate of drug-likeness (QED) is 0.938. The van der Waals surface area contributed by atoms with Gasteiger partial charge in [-0.15, -0.1) is 5.10 Å². The topological polar surface area (TPSA) is 80.9 Å². The van der Waals surface area contributed by atoms with Crippen molar-refractivity contribution in [1.29, 1.82) is 0 Å². The minimum absolute atomic E-state index is 0.0175. The highest BCUT2D eigenvalue weighted by molar-refractivity contribution is 6.38. The van der Waals surface area contributed by atoms with Gasteiger partial charge in [0.05, 0.1) is 15.6 Å². The molecule has 8 heteroatoms. The summed E-state index contributed by atoms with van der Waals surface area (Å²) in [4.78, 5) is 10.9. The van der Waals surface area contributed by atoms with E-state index in [0.29, 0.717) is 17.9 Å². The molecule has 0 fully saturated rings. The number of hydrogen-bond donors (Lipinski definition) is 1. The van der Waals surface area contributed by atoms with Crippen LogP contribution < -0.4 is 0 Å². The molecule has 2 aromatic rings. The Bertz CT molecular complexity index is 604. The Labute approximate surface area is 118 Å². The van der Waals surface area contributed by atoms with Crippen LogP contribution >= 0.6 is 23.2 Å². The number of aryl methyl sites for hydroxylation is 1. The van der Waals surface area contributed by atoms with E-state index in [1.807, 2.05) is 6.92 Å². The zero-order valence-electron chi connectivity index (χ0n) is 9.97. The highest BCUT2D eigenvalue weighted by Gasteiger charge is 2.17. The van der Waals surface area contributed by atoms with Crippen LogP contribution in [-0.2, 0) is 6.42 Å². The fourth-order valence-electron chi connectivity index (χ4n) is 1.65. The molecule has 0 spiro atoms. The Morgan fingerprint density at radius 2 is 2.00 bits per heavy atom. The van der Waals surface area contributed by atoms with Crippen molar-refractivity contribution in [2.75, 3.05) is 0 Å². The van der Waals surface area contributed by atoms with E-state index in [0.717, 1.165) is 6.42 Å². The molecule has 19 heavy (non-hydrogen) atoms. The molecule has 1 heterocycles. The van der Waals surface area contributed by atoms with Gasteiger partial charge in [0.15, 0.2) is 5.82 Å². The molecule has 0 saturated carbocycles. The smallest absolute Gasteiger partial charge is 0.335 e. The second-order valence-electron chi connectivity index (χ2n) is 3.85. The van der Waals surface area contributed by atoms with Crippen molar-refractivity contribution in [3.63, 3.8) is 0 Å². The Kier molecular flexibility index (Phi) is 4.01. The van der Waals surface area contributed by atoms with Gasteiger partial charge in [0.1, 0.15) is 5.69 Å². The summed E-state index contributed by atoms with van der Waals surface area (Å²) in [6, 6.07) is 2.64. The highest BCUT2D eigenvalue weighted by atomic mass is 35.5. The maximum absolute atomic E-state index is 10.9. The van der Waals surface area contributed by atoms with Gasteiger partial charge in [0.2, 0.25) is 0 Å². The average Bonchev–Trinajstić information content (AvgIpc) is 2.77. The highest BCUT2D eigenvalue weighted by Crippen LogP contribution is 2.30. The fourth-order valence-corrected chi connectivity index (χ4v) is 2.30. The van der Waals surface area contributed by atoms with Gasteiger partial charge < -0.3 is 5.11 Å². The van der Waals surface area contributed by atoms with Crippen LogP contribution in [0.4, 0.5) is 0 Å². The molecule has 2 rings (SSSR count). The summed E-state index contributed by atoms with van der Waals surface area (Å²) in [5.41, 5.74) is 0.408. The van der Waals surface area contributed by atoms with Crippen LogP contribution in [0.5, 0.6) is 0 Å². The minimum atomic E-state index is -1.10. The van der Waals surface area contributed by atoms with E-state index in [2.05, 4.69) is 15.5 Å². The Balaban J connectivity index is 2.56. The molecule has 0 aliphatic carbocycles. The van der Waals surface area contributed by atoms with E-state index in [1.165, 1.54) is 16.8 Å². The van der Waals surface area contributed by atoms with Crippen LogP contribution in [0.3, 0.4) is 0 Å².